The van der Waals surface area contributed by atoms with E-state index in [4.69, 9.17) is 5.11 Å². The molecule has 188 valence electrons. The van der Waals surface area contributed by atoms with Gasteiger partial charge in [0.2, 0.25) is 0 Å². The van der Waals surface area contributed by atoms with Crippen LogP contribution in [0.25, 0.3) is 0 Å². The zero-order chi connectivity index (χ0) is 23.4. The Kier molecular flexibility index (Phi) is 32.7. The van der Waals surface area contributed by atoms with Gasteiger partial charge in [-0.05, 0) is 6.42 Å². The minimum atomic E-state index is -0.967. The van der Waals surface area contributed by atoms with Crippen LogP contribution in [0.2, 0.25) is 13.3 Å². The Bertz CT molecular complexity index is 314. The van der Waals surface area contributed by atoms with Gasteiger partial charge in [-0.3, -0.25) is 4.79 Å². The topological polar surface area (TPSA) is 37.3 Å². The van der Waals surface area contributed by atoms with Crippen molar-refractivity contribution in [2.24, 2.45) is 0 Å². The third kappa shape index (κ3) is 32.5. The fourth-order valence-electron chi connectivity index (χ4n) is 4.21. The monoisotopic (exact) mass is 548 g/mol. The Morgan fingerprint density at radius 1 is 0.484 bits per heavy atom. The molecule has 0 radical (unpaired) electrons. The van der Waals surface area contributed by atoms with Gasteiger partial charge < -0.3 is 5.11 Å². The average Bonchev–Trinajstić information content (AvgIpc) is 2.76. The molecule has 0 amide bonds. The van der Waals surface area contributed by atoms with Crippen LogP contribution in [0.3, 0.4) is 0 Å². The molecular formula is C28H60O2Sn. The Labute approximate surface area is 204 Å². The number of unbranched alkanes of at least 4 members (excludes halogenated alkanes) is 15. The molecule has 0 saturated heterocycles. The van der Waals surface area contributed by atoms with Crippen LogP contribution in [-0.2, 0) is 4.79 Å². The molecule has 3 heteroatoms. The van der Waals surface area contributed by atoms with Gasteiger partial charge in [0.15, 0.2) is 0 Å². The molecular weight excluding hydrogens is 487 g/mol. The second-order valence-electron chi connectivity index (χ2n) is 9.68. The second kappa shape index (κ2) is 30.3. The molecule has 0 aromatic rings. The summed E-state index contributed by atoms with van der Waals surface area (Å²) in [5.41, 5.74) is 0. The summed E-state index contributed by atoms with van der Waals surface area (Å²) in [6.07, 6.45) is 26.1. The van der Waals surface area contributed by atoms with E-state index in [1.165, 1.54) is 109 Å². The predicted octanol–water partition coefficient (Wildman–Crippen LogP) is 10.2. The molecule has 0 aliphatic rings. The van der Waals surface area contributed by atoms with Crippen LogP contribution < -0.4 is 0 Å². The maximum atomic E-state index is 10.3. The van der Waals surface area contributed by atoms with E-state index in [0.717, 1.165) is 12.8 Å². The van der Waals surface area contributed by atoms with Crippen molar-refractivity contribution in [3.8, 4) is 0 Å². The van der Waals surface area contributed by atoms with E-state index in [1.807, 2.05) is 0 Å². The first-order valence-electron chi connectivity index (χ1n) is 14.3. The van der Waals surface area contributed by atoms with Crippen molar-refractivity contribution in [3.05, 3.63) is 0 Å². The van der Waals surface area contributed by atoms with Crippen LogP contribution in [0.15, 0.2) is 0 Å². The van der Waals surface area contributed by atoms with Crippen molar-refractivity contribution in [1.82, 2.24) is 0 Å². The van der Waals surface area contributed by atoms with Gasteiger partial charge >= 0.3 is 98.3 Å². The van der Waals surface area contributed by atoms with Gasteiger partial charge in [-0.2, -0.15) is 0 Å². The zero-order valence-corrected chi connectivity index (χ0v) is 25.5. The summed E-state index contributed by atoms with van der Waals surface area (Å²) < 4.78 is 5.08. The molecule has 2 nitrogen and oxygen atoms in total. The summed E-state index contributed by atoms with van der Waals surface area (Å²) in [5, 5.41) is 8.49. The first kappa shape index (κ1) is 33.4. The summed E-state index contributed by atoms with van der Waals surface area (Å²) >= 11 is -0.967. The number of hydrogen-bond acceptors (Lipinski definition) is 1. The molecule has 0 unspecified atom stereocenters. The summed E-state index contributed by atoms with van der Waals surface area (Å²) in [4.78, 5) is 10.3. The zero-order valence-electron chi connectivity index (χ0n) is 22.2. The standard InChI is InChI=1S/C16H32O2.3C4H9.Sn.H/c1-2-3-4-5-6-7-8-9-10-11-12-13-14-15-16(17)18;3*1-3-4-2;;/h2-15H2,1H3,(H,17,18);3*1,3-4H2,2H3;;. The predicted molar refractivity (Wildman–Crippen MR) is 144 cm³/mol. The van der Waals surface area contributed by atoms with Crippen molar-refractivity contribution in [2.75, 3.05) is 0 Å². The van der Waals surface area contributed by atoms with Crippen LogP contribution in [0.4, 0.5) is 0 Å². The van der Waals surface area contributed by atoms with E-state index in [9.17, 15) is 4.79 Å². The number of hydrogen-bond donors (Lipinski definition) is 1. The van der Waals surface area contributed by atoms with E-state index in [1.54, 1.807) is 13.3 Å². The van der Waals surface area contributed by atoms with E-state index in [2.05, 4.69) is 27.7 Å². The average molecular weight is 547 g/mol. The molecule has 0 aliphatic heterocycles. The second-order valence-corrected chi connectivity index (χ2v) is 19.6. The molecule has 0 saturated carbocycles. The molecule has 0 atom stereocenters. The number of rotatable bonds is 23. The third-order valence-electron chi connectivity index (χ3n) is 6.39. The number of carbonyl (C=O) groups is 1. The van der Waals surface area contributed by atoms with Crippen LogP contribution in [0, 0.1) is 0 Å². The van der Waals surface area contributed by atoms with Crippen LogP contribution in [0.5, 0.6) is 0 Å². The number of carboxylic acid groups (broad SMARTS) is 1. The van der Waals surface area contributed by atoms with Gasteiger partial charge in [0, 0.05) is 6.42 Å². The maximum absolute atomic E-state index is 10.3. The third-order valence-corrected chi connectivity index (χ3v) is 16.9. The molecule has 0 spiro atoms. The van der Waals surface area contributed by atoms with Gasteiger partial charge in [0.25, 0.3) is 0 Å². The quantitative estimate of drug-likeness (QED) is 0.102. The SMILES string of the molecule is CCCCCCCCCCCCCCCC(=O)O.CCC[CH2][SnH]([CH2]CCC)[CH2]CCC. The fraction of sp³-hybridized carbons (Fsp3) is 0.964. The Morgan fingerprint density at radius 2 is 0.774 bits per heavy atom. The van der Waals surface area contributed by atoms with Gasteiger partial charge in [-0.15, -0.1) is 0 Å². The van der Waals surface area contributed by atoms with Crippen molar-refractivity contribution >= 4 is 25.7 Å². The fourth-order valence-corrected chi connectivity index (χ4v) is 15.1. The summed E-state index contributed by atoms with van der Waals surface area (Å²) in [6.45, 7) is 9.27. The van der Waals surface area contributed by atoms with E-state index in [0.29, 0.717) is 6.42 Å². The molecule has 31 heavy (non-hydrogen) atoms. The van der Waals surface area contributed by atoms with Crippen molar-refractivity contribution in [2.45, 2.75) is 169 Å². The van der Waals surface area contributed by atoms with E-state index < -0.39 is 25.7 Å². The van der Waals surface area contributed by atoms with Gasteiger partial charge in [0.05, 0.1) is 0 Å². The first-order valence-corrected chi connectivity index (χ1v) is 21.3. The molecule has 0 bridgehead atoms. The van der Waals surface area contributed by atoms with Gasteiger partial charge in [0.1, 0.15) is 0 Å². The van der Waals surface area contributed by atoms with Gasteiger partial charge in [-0.25, -0.2) is 0 Å². The Morgan fingerprint density at radius 3 is 1.06 bits per heavy atom. The molecule has 1 N–H and O–H groups in total. The molecule has 0 heterocycles. The summed E-state index contributed by atoms with van der Waals surface area (Å²) in [6, 6.07) is 0. The van der Waals surface area contributed by atoms with E-state index in [-0.39, 0.29) is 0 Å². The van der Waals surface area contributed by atoms with E-state index >= 15 is 0 Å². The van der Waals surface area contributed by atoms with Crippen LogP contribution in [-0.4, -0.2) is 30.8 Å². The summed E-state index contributed by atoms with van der Waals surface area (Å²) in [5.74, 6) is -0.655. The molecule has 0 aliphatic carbocycles. The molecule has 0 rings (SSSR count). The van der Waals surface area contributed by atoms with Crippen LogP contribution >= 0.6 is 0 Å². The minimum absolute atomic E-state index is 0.345. The molecule has 0 aromatic carbocycles. The Balaban J connectivity index is 0. The molecule has 0 aromatic heterocycles. The normalized spacial score (nSPS) is 10.9. The van der Waals surface area contributed by atoms with Crippen molar-refractivity contribution in [1.29, 1.82) is 0 Å². The summed E-state index contributed by atoms with van der Waals surface area (Å²) in [7, 11) is 0. The van der Waals surface area contributed by atoms with Crippen molar-refractivity contribution < 1.29 is 9.90 Å². The van der Waals surface area contributed by atoms with Gasteiger partial charge in [-0.1, -0.05) is 84.0 Å². The number of carboxylic acids is 1. The Hall–Kier alpha value is 0.269. The first-order chi connectivity index (χ1) is 15.1. The van der Waals surface area contributed by atoms with Crippen molar-refractivity contribution in [3.63, 3.8) is 0 Å². The molecule has 0 fully saturated rings. The van der Waals surface area contributed by atoms with Crippen LogP contribution in [0.1, 0.15) is 156 Å². The number of aliphatic carboxylic acids is 1.